The predicted molar refractivity (Wildman–Crippen MR) is 128 cm³/mol. The minimum atomic E-state index is -0.472. The van der Waals surface area contributed by atoms with Gasteiger partial charge in [0.1, 0.15) is 5.82 Å². The van der Waals surface area contributed by atoms with Gasteiger partial charge < -0.3 is 9.47 Å². The number of aromatic nitrogens is 2. The number of esters is 1. The number of hydrogen-bond acceptors (Lipinski definition) is 6. The normalized spacial score (nSPS) is 11.1. The molecule has 166 valence electrons. The summed E-state index contributed by atoms with van der Waals surface area (Å²) in [5, 5.41) is 4.88. The first kappa shape index (κ1) is 22.0. The third kappa shape index (κ3) is 4.67. The number of rotatable bonds is 6. The van der Waals surface area contributed by atoms with E-state index in [1.165, 1.54) is 11.8 Å². The molecule has 0 spiro atoms. The Labute approximate surface area is 190 Å². The molecule has 33 heavy (non-hydrogen) atoms. The second-order valence-electron chi connectivity index (χ2n) is 7.43. The van der Waals surface area contributed by atoms with Crippen LogP contribution in [0.4, 0.5) is 0 Å². The minimum absolute atomic E-state index is 0.232. The molecule has 4 rings (SSSR count). The zero-order chi connectivity index (χ0) is 23.4. The molecule has 4 aromatic rings. The number of methoxy groups -OCH3 is 1. The summed E-state index contributed by atoms with van der Waals surface area (Å²) in [4.78, 5) is 30.0. The number of fused-ring (bicyclic) bond motifs is 1. The molecule has 7 nitrogen and oxygen atoms in total. The lowest BCUT2D eigenvalue weighted by Crippen LogP contribution is -2.22. The quantitative estimate of drug-likeness (QED) is 0.252. The van der Waals surface area contributed by atoms with E-state index in [2.05, 4.69) is 10.1 Å². The maximum Gasteiger partial charge on any atom is 0.343 e. The van der Waals surface area contributed by atoms with Gasteiger partial charge in [-0.15, -0.1) is 0 Å². The van der Waals surface area contributed by atoms with Crippen LogP contribution in [0.1, 0.15) is 34.2 Å². The molecule has 0 bridgehead atoms. The summed E-state index contributed by atoms with van der Waals surface area (Å²) in [5.41, 5.74) is 2.51. The molecule has 3 aromatic carbocycles. The van der Waals surface area contributed by atoms with E-state index in [1.807, 2.05) is 32.0 Å². The van der Waals surface area contributed by atoms with Crippen LogP contribution in [0.5, 0.6) is 11.5 Å². The van der Waals surface area contributed by atoms with Crippen LogP contribution in [0.3, 0.4) is 0 Å². The van der Waals surface area contributed by atoms with Gasteiger partial charge in [-0.25, -0.2) is 9.78 Å². The van der Waals surface area contributed by atoms with E-state index in [9.17, 15) is 9.59 Å². The summed E-state index contributed by atoms with van der Waals surface area (Å²) >= 11 is 0. The molecule has 0 aliphatic heterocycles. The third-order valence-corrected chi connectivity index (χ3v) is 5.10. The monoisotopic (exact) mass is 441 g/mol. The van der Waals surface area contributed by atoms with E-state index >= 15 is 0 Å². The van der Waals surface area contributed by atoms with Crippen LogP contribution in [0.2, 0.25) is 0 Å². The highest BCUT2D eigenvalue weighted by Crippen LogP contribution is 2.28. The topological polar surface area (TPSA) is 82.8 Å². The summed E-state index contributed by atoms with van der Waals surface area (Å²) in [6, 6.07) is 19.4. The highest BCUT2D eigenvalue weighted by Gasteiger charge is 2.13. The lowest BCUT2D eigenvalue weighted by Gasteiger charge is -2.10. The number of para-hydroxylation sites is 1. The molecule has 0 unspecified atom stereocenters. The Morgan fingerprint density at radius 3 is 2.64 bits per heavy atom. The fourth-order valence-corrected chi connectivity index (χ4v) is 3.42. The van der Waals surface area contributed by atoms with Gasteiger partial charge in [0.05, 0.1) is 29.8 Å². The van der Waals surface area contributed by atoms with Gasteiger partial charge in [0.25, 0.3) is 5.56 Å². The van der Waals surface area contributed by atoms with Crippen molar-refractivity contribution in [3.63, 3.8) is 0 Å². The van der Waals surface area contributed by atoms with E-state index < -0.39 is 5.97 Å². The SMILES string of the molecule is CCc1nc2ccccc2c(=O)n1N=Cc1ccc(OC(=O)c2cccc(C)c2)c(OC)c1. The number of benzene rings is 3. The summed E-state index contributed by atoms with van der Waals surface area (Å²) < 4.78 is 12.2. The molecular weight excluding hydrogens is 418 g/mol. The van der Waals surface area contributed by atoms with Crippen molar-refractivity contribution in [2.45, 2.75) is 20.3 Å². The fourth-order valence-electron chi connectivity index (χ4n) is 3.42. The van der Waals surface area contributed by atoms with Crippen molar-refractivity contribution < 1.29 is 14.3 Å². The van der Waals surface area contributed by atoms with E-state index in [1.54, 1.807) is 54.7 Å². The number of ether oxygens (including phenoxy) is 2. The van der Waals surface area contributed by atoms with Crippen molar-refractivity contribution in [2.75, 3.05) is 7.11 Å². The maximum absolute atomic E-state index is 12.9. The zero-order valence-corrected chi connectivity index (χ0v) is 18.6. The van der Waals surface area contributed by atoms with Gasteiger partial charge in [0, 0.05) is 6.42 Å². The fraction of sp³-hybridized carbons (Fsp3) is 0.154. The van der Waals surface area contributed by atoms with Gasteiger partial charge in [-0.3, -0.25) is 4.79 Å². The van der Waals surface area contributed by atoms with Crippen LogP contribution in [-0.2, 0) is 6.42 Å². The van der Waals surface area contributed by atoms with Crippen molar-refractivity contribution >= 4 is 23.1 Å². The van der Waals surface area contributed by atoms with E-state index in [4.69, 9.17) is 9.47 Å². The Morgan fingerprint density at radius 2 is 1.88 bits per heavy atom. The lowest BCUT2D eigenvalue weighted by atomic mass is 10.1. The molecule has 0 radical (unpaired) electrons. The van der Waals surface area contributed by atoms with Gasteiger partial charge in [0.15, 0.2) is 11.5 Å². The molecule has 0 aliphatic carbocycles. The third-order valence-electron chi connectivity index (χ3n) is 5.10. The summed E-state index contributed by atoms with van der Waals surface area (Å²) in [6.07, 6.45) is 2.10. The van der Waals surface area contributed by atoms with Gasteiger partial charge >= 0.3 is 5.97 Å². The molecule has 0 amide bonds. The zero-order valence-electron chi connectivity index (χ0n) is 18.6. The molecule has 1 heterocycles. The van der Waals surface area contributed by atoms with E-state index in [0.717, 1.165) is 5.56 Å². The van der Waals surface area contributed by atoms with Crippen molar-refractivity contribution in [1.82, 2.24) is 9.66 Å². The average Bonchev–Trinajstić information content (AvgIpc) is 2.84. The Kier molecular flexibility index (Phi) is 6.31. The Bertz CT molecular complexity index is 1420. The first-order chi connectivity index (χ1) is 16.0. The Hall–Kier alpha value is -4.26. The standard InChI is InChI=1S/C26H23N3O4/c1-4-24-28-21-11-6-5-10-20(21)25(30)29(24)27-16-18-12-13-22(23(15-18)32-3)33-26(31)19-9-7-8-17(2)14-19/h5-16H,4H2,1-3H3. The second-order valence-corrected chi connectivity index (χ2v) is 7.43. The van der Waals surface area contributed by atoms with Crippen molar-refractivity contribution in [2.24, 2.45) is 5.10 Å². The van der Waals surface area contributed by atoms with E-state index in [0.29, 0.717) is 45.8 Å². The van der Waals surface area contributed by atoms with Gasteiger partial charge in [-0.05, 0) is 55.0 Å². The first-order valence-electron chi connectivity index (χ1n) is 10.5. The first-order valence-corrected chi connectivity index (χ1v) is 10.5. The molecule has 1 aromatic heterocycles. The number of aryl methyl sites for hydroxylation is 2. The highest BCUT2D eigenvalue weighted by atomic mass is 16.6. The Balaban J connectivity index is 1.63. The van der Waals surface area contributed by atoms with Crippen LogP contribution in [0.25, 0.3) is 10.9 Å². The van der Waals surface area contributed by atoms with E-state index in [-0.39, 0.29) is 5.56 Å². The molecule has 0 saturated heterocycles. The molecule has 0 atom stereocenters. The van der Waals surface area contributed by atoms with Crippen LogP contribution >= 0.6 is 0 Å². The minimum Gasteiger partial charge on any atom is -0.493 e. The average molecular weight is 441 g/mol. The van der Waals surface area contributed by atoms with Crippen LogP contribution in [0, 0.1) is 6.92 Å². The van der Waals surface area contributed by atoms with Gasteiger partial charge in [0.2, 0.25) is 0 Å². The van der Waals surface area contributed by atoms with Crippen LogP contribution < -0.4 is 15.0 Å². The summed E-state index contributed by atoms with van der Waals surface area (Å²) in [7, 11) is 1.49. The molecule has 0 N–H and O–H groups in total. The van der Waals surface area contributed by atoms with Gasteiger partial charge in [-0.1, -0.05) is 36.8 Å². The molecule has 0 fully saturated rings. The molecule has 7 heteroatoms. The summed E-state index contributed by atoms with van der Waals surface area (Å²) in [6.45, 7) is 3.83. The number of carbonyl (C=O) groups excluding carboxylic acids is 1. The van der Waals surface area contributed by atoms with Crippen molar-refractivity contribution in [3.05, 3.63) is 99.6 Å². The lowest BCUT2D eigenvalue weighted by molar-refractivity contribution is 0.0729. The maximum atomic E-state index is 12.9. The molecular formula is C26H23N3O4. The van der Waals surface area contributed by atoms with Crippen LogP contribution in [0.15, 0.2) is 76.6 Å². The van der Waals surface area contributed by atoms with Crippen molar-refractivity contribution in [1.29, 1.82) is 0 Å². The largest absolute Gasteiger partial charge is 0.493 e. The van der Waals surface area contributed by atoms with Gasteiger partial charge in [-0.2, -0.15) is 9.78 Å². The smallest absolute Gasteiger partial charge is 0.343 e. The summed E-state index contributed by atoms with van der Waals surface area (Å²) in [5.74, 6) is 0.755. The number of carbonyl (C=O) groups is 1. The number of nitrogens with zero attached hydrogens (tertiary/aromatic N) is 3. The highest BCUT2D eigenvalue weighted by molar-refractivity contribution is 5.92. The second kappa shape index (κ2) is 9.48. The molecule has 0 saturated carbocycles. The number of hydrogen-bond donors (Lipinski definition) is 0. The van der Waals surface area contributed by atoms with Crippen molar-refractivity contribution in [3.8, 4) is 11.5 Å². The molecule has 0 aliphatic rings. The predicted octanol–water partition coefficient (Wildman–Crippen LogP) is 4.38. The van der Waals surface area contributed by atoms with Crippen LogP contribution in [-0.4, -0.2) is 29.0 Å². The Morgan fingerprint density at radius 1 is 1.06 bits per heavy atom.